The molecule has 1 amide bonds. The van der Waals surface area contributed by atoms with Crippen molar-refractivity contribution in [3.05, 3.63) is 41.0 Å². The summed E-state index contributed by atoms with van der Waals surface area (Å²) in [6.07, 6.45) is 0.952. The zero-order valence-electron chi connectivity index (χ0n) is 16.6. The van der Waals surface area contributed by atoms with Crippen LogP contribution in [0, 0.1) is 5.92 Å². The van der Waals surface area contributed by atoms with E-state index in [-0.39, 0.29) is 23.2 Å². The van der Waals surface area contributed by atoms with Crippen molar-refractivity contribution in [2.75, 3.05) is 19.7 Å². The van der Waals surface area contributed by atoms with Crippen molar-refractivity contribution in [1.82, 2.24) is 19.5 Å². The third-order valence-corrected chi connectivity index (χ3v) is 6.20. The number of fused-ring (bicyclic) bond motifs is 1. The second-order valence-corrected chi connectivity index (χ2v) is 8.54. The fourth-order valence-electron chi connectivity index (χ4n) is 3.57. The predicted octanol–water partition coefficient (Wildman–Crippen LogP) is 4.16. The van der Waals surface area contributed by atoms with E-state index in [1.54, 1.807) is 24.0 Å². The fourth-order valence-corrected chi connectivity index (χ4v) is 4.39. The fraction of sp³-hybridized carbons (Fsp3) is 0.400. The molecule has 0 aromatic carbocycles. The van der Waals surface area contributed by atoms with Crippen LogP contribution in [0.5, 0.6) is 0 Å². The van der Waals surface area contributed by atoms with Gasteiger partial charge in [-0.15, -0.1) is 11.3 Å². The molecule has 4 rings (SSSR count). The molecule has 4 heterocycles. The lowest BCUT2D eigenvalue weighted by atomic mass is 9.97. The van der Waals surface area contributed by atoms with Crippen molar-refractivity contribution < 1.29 is 23.1 Å². The largest absolute Gasteiger partial charge is 0.466 e. The number of thiophene rings is 1. The van der Waals surface area contributed by atoms with E-state index >= 15 is 0 Å². The molecule has 0 bridgehead atoms. The monoisotopic (exact) mass is 468 g/mol. The Morgan fingerprint density at radius 2 is 2.06 bits per heavy atom. The average Bonchev–Trinajstić information content (AvgIpc) is 3.42. The molecule has 3 aromatic rings. The molecule has 11 heteroatoms. The lowest BCUT2D eigenvalue weighted by Crippen LogP contribution is -2.40. The van der Waals surface area contributed by atoms with Gasteiger partial charge in [0.25, 0.3) is 5.91 Å². The summed E-state index contributed by atoms with van der Waals surface area (Å²) in [5, 5.41) is 2.18. The Hall–Kier alpha value is -2.59. The quantitative estimate of drug-likeness (QED) is 0.415. The van der Waals surface area contributed by atoms with Gasteiger partial charge in [-0.3, -0.25) is 9.59 Å². The molecule has 0 radical (unpaired) electrons. The predicted molar refractivity (Wildman–Crippen MR) is 111 cm³/mol. The van der Waals surface area contributed by atoms with Gasteiger partial charge in [-0.1, -0.05) is 6.07 Å². The van der Waals surface area contributed by atoms with Crippen molar-refractivity contribution in [2.45, 2.75) is 25.1 Å². The Kier molecular flexibility index (Phi) is 5.94. The minimum absolute atomic E-state index is 0.00687. The second kappa shape index (κ2) is 8.51. The van der Waals surface area contributed by atoms with Crippen molar-refractivity contribution >= 4 is 40.5 Å². The van der Waals surface area contributed by atoms with Gasteiger partial charge < -0.3 is 9.64 Å². The summed E-state index contributed by atoms with van der Waals surface area (Å²) in [6, 6.07) is 6.10. The van der Waals surface area contributed by atoms with Gasteiger partial charge in [0.05, 0.1) is 23.1 Å². The van der Waals surface area contributed by atoms with Crippen LogP contribution in [0.4, 0.5) is 8.78 Å². The number of carbonyl (C=O) groups is 2. The van der Waals surface area contributed by atoms with E-state index in [1.807, 2.05) is 5.38 Å². The van der Waals surface area contributed by atoms with Crippen molar-refractivity contribution in [1.29, 1.82) is 0 Å². The number of piperidine rings is 1. The Labute approximate surface area is 185 Å². The zero-order valence-corrected chi connectivity index (χ0v) is 18.1. The van der Waals surface area contributed by atoms with Gasteiger partial charge in [0.1, 0.15) is 5.69 Å². The van der Waals surface area contributed by atoms with Gasteiger partial charge in [-0.2, -0.15) is 13.9 Å². The van der Waals surface area contributed by atoms with Crippen LogP contribution >= 0.6 is 22.9 Å². The summed E-state index contributed by atoms with van der Waals surface area (Å²) in [5.41, 5.74) is -0.145. The topological polar surface area (TPSA) is 76.8 Å². The van der Waals surface area contributed by atoms with Gasteiger partial charge in [0.2, 0.25) is 0 Å². The average molecular weight is 469 g/mol. The summed E-state index contributed by atoms with van der Waals surface area (Å²) < 4.78 is 34.1. The van der Waals surface area contributed by atoms with Crippen molar-refractivity contribution in [3.8, 4) is 10.6 Å². The lowest BCUT2D eigenvalue weighted by molar-refractivity contribution is -0.149. The highest BCUT2D eigenvalue weighted by Crippen LogP contribution is 2.35. The van der Waals surface area contributed by atoms with Crippen LogP contribution in [0.1, 0.15) is 35.9 Å². The minimum atomic E-state index is -3.70. The molecule has 1 aliphatic heterocycles. The molecule has 3 aromatic heterocycles. The van der Waals surface area contributed by atoms with E-state index in [0.717, 1.165) is 4.52 Å². The maximum atomic E-state index is 14.1. The van der Waals surface area contributed by atoms with Crippen LogP contribution in [0.25, 0.3) is 16.2 Å². The number of nitrogens with zero attached hydrogens (tertiary/aromatic N) is 4. The van der Waals surface area contributed by atoms with Gasteiger partial charge in [0, 0.05) is 19.2 Å². The summed E-state index contributed by atoms with van der Waals surface area (Å²) in [4.78, 5) is 31.5. The van der Waals surface area contributed by atoms with Crippen LogP contribution in [-0.2, 0) is 14.9 Å². The molecule has 7 nitrogen and oxygen atoms in total. The number of likely N-dealkylation sites (tertiary alicyclic amines) is 1. The number of amides is 1. The highest BCUT2D eigenvalue weighted by atomic mass is 35.5. The van der Waals surface area contributed by atoms with E-state index in [4.69, 9.17) is 16.3 Å². The Morgan fingerprint density at radius 3 is 2.68 bits per heavy atom. The first-order valence-electron chi connectivity index (χ1n) is 9.75. The van der Waals surface area contributed by atoms with Crippen molar-refractivity contribution in [3.63, 3.8) is 0 Å². The number of halogens is 3. The normalized spacial score (nSPS) is 15.4. The molecule has 31 heavy (non-hydrogen) atoms. The molecule has 0 unspecified atom stereocenters. The highest BCUT2D eigenvalue weighted by Gasteiger charge is 2.34. The van der Waals surface area contributed by atoms with E-state index < -0.39 is 17.0 Å². The van der Waals surface area contributed by atoms with Crippen LogP contribution in [-0.4, -0.2) is 51.1 Å². The minimum Gasteiger partial charge on any atom is -0.466 e. The summed E-state index contributed by atoms with van der Waals surface area (Å²) in [5.74, 6) is -0.919. The molecule has 0 atom stereocenters. The van der Waals surface area contributed by atoms with Gasteiger partial charge in [0.15, 0.2) is 11.3 Å². The summed E-state index contributed by atoms with van der Waals surface area (Å²) in [6.45, 7) is 2.76. The van der Waals surface area contributed by atoms with E-state index in [1.165, 1.54) is 23.5 Å². The number of carbonyl (C=O) groups excluding carboxylic acids is 2. The smallest absolute Gasteiger partial charge is 0.364 e. The standard InChI is InChI=1S/C20H19ClF2N4O3S/c1-2-30-19(29)12-5-7-26(8-6-12)18(28)14-11-17-24-13(15-4-3-9-31-15)10-16(20(21,22)23)27(17)25-14/h3-4,9-12H,2,5-8H2,1H3. The molecule has 1 saturated heterocycles. The molecule has 0 N–H and O–H groups in total. The van der Waals surface area contributed by atoms with Crippen molar-refractivity contribution in [2.24, 2.45) is 5.92 Å². The molecule has 1 aliphatic rings. The lowest BCUT2D eigenvalue weighted by Gasteiger charge is -2.30. The van der Waals surface area contributed by atoms with Crippen LogP contribution in [0.15, 0.2) is 29.6 Å². The first-order chi connectivity index (χ1) is 14.8. The molecule has 0 aliphatic carbocycles. The number of alkyl halides is 3. The van der Waals surface area contributed by atoms with Crippen LogP contribution < -0.4 is 0 Å². The molecule has 0 saturated carbocycles. The third kappa shape index (κ3) is 4.40. The summed E-state index contributed by atoms with van der Waals surface area (Å²) >= 11 is 6.67. The van der Waals surface area contributed by atoms with Crippen LogP contribution in [0.3, 0.4) is 0 Å². The molecule has 164 valence electrons. The van der Waals surface area contributed by atoms with Crippen LogP contribution in [0.2, 0.25) is 0 Å². The highest BCUT2D eigenvalue weighted by molar-refractivity contribution is 7.13. The number of rotatable bonds is 5. The molecular formula is C20H19ClF2N4O3S. The Balaban J connectivity index is 1.62. The Bertz CT molecular complexity index is 1110. The first-order valence-corrected chi connectivity index (χ1v) is 11.0. The summed E-state index contributed by atoms with van der Waals surface area (Å²) in [7, 11) is 0. The van der Waals surface area contributed by atoms with Gasteiger partial charge in [-0.25, -0.2) is 9.50 Å². The maximum Gasteiger partial charge on any atom is 0.364 e. The molecular weight excluding hydrogens is 450 g/mol. The zero-order chi connectivity index (χ0) is 22.2. The second-order valence-electron chi connectivity index (χ2n) is 7.12. The third-order valence-electron chi connectivity index (χ3n) is 5.11. The van der Waals surface area contributed by atoms with E-state index in [9.17, 15) is 18.4 Å². The van der Waals surface area contributed by atoms with Gasteiger partial charge in [-0.05, 0) is 48.9 Å². The number of esters is 1. The number of hydrogen-bond donors (Lipinski definition) is 0. The van der Waals surface area contributed by atoms with E-state index in [2.05, 4.69) is 10.1 Å². The number of aromatic nitrogens is 3. The van der Waals surface area contributed by atoms with E-state index in [0.29, 0.717) is 43.1 Å². The van der Waals surface area contributed by atoms with Gasteiger partial charge >= 0.3 is 11.4 Å². The molecule has 1 fully saturated rings. The maximum absolute atomic E-state index is 14.1. The first kappa shape index (κ1) is 21.6. The number of hydrogen-bond acceptors (Lipinski definition) is 6. The SMILES string of the molecule is CCOC(=O)C1CCN(C(=O)c2cc3nc(-c4cccs4)cc(C(F)(F)Cl)n3n2)CC1. The Morgan fingerprint density at radius 1 is 1.32 bits per heavy atom. The molecule has 0 spiro atoms. The number of ether oxygens (including phenoxy) is 1.